The summed E-state index contributed by atoms with van der Waals surface area (Å²) in [6, 6.07) is 0. The number of nitrogens with two attached hydrogens (primary N) is 1. The summed E-state index contributed by atoms with van der Waals surface area (Å²) in [5.74, 6) is -0.170. The van der Waals surface area contributed by atoms with Crippen LogP contribution in [0, 0.1) is 0 Å². The van der Waals surface area contributed by atoms with Gasteiger partial charge in [0.1, 0.15) is 11.7 Å². The van der Waals surface area contributed by atoms with Gasteiger partial charge < -0.3 is 20.7 Å². The average Bonchev–Trinajstić information content (AvgIpc) is 3.07. The van der Waals surface area contributed by atoms with Gasteiger partial charge in [-0.3, -0.25) is 14.3 Å². The number of aromatic nitrogens is 4. The monoisotopic (exact) mass is 341 g/mol. The van der Waals surface area contributed by atoms with E-state index < -0.39 is 36.3 Å². The third kappa shape index (κ3) is 2.35. The second kappa shape index (κ2) is 5.89. The fraction of sp³-hybridized carbons (Fsp3) is 0.583. The molecule has 130 valence electrons. The van der Waals surface area contributed by atoms with Crippen LogP contribution in [-0.2, 0) is 4.74 Å². The minimum absolute atomic E-state index is 0.00181. The molecule has 4 atom stereocenters. The number of hydrogen-bond acceptors (Lipinski definition) is 9. The van der Waals surface area contributed by atoms with Crippen LogP contribution in [0.4, 0.5) is 10.3 Å². The molecule has 0 spiro atoms. The van der Waals surface area contributed by atoms with Crippen LogP contribution in [0.25, 0.3) is 11.2 Å². The number of nitrogen functional groups attached to an aromatic ring is 1. The highest BCUT2D eigenvalue weighted by Gasteiger charge is 2.56. The number of imidazole rings is 1. The molecule has 1 saturated heterocycles. The van der Waals surface area contributed by atoms with E-state index in [4.69, 9.17) is 10.5 Å². The summed E-state index contributed by atoms with van der Waals surface area (Å²) in [4.78, 5) is 21.9. The number of hydrogen-bond donors (Lipinski definition) is 4. The molecule has 0 saturated carbocycles. The number of nitrogens with zero attached hydrogens (tertiary/aromatic N) is 5. The lowest BCUT2D eigenvalue weighted by Crippen LogP contribution is -2.48. The minimum Gasteiger partial charge on any atom is -0.393 e. The van der Waals surface area contributed by atoms with Crippen LogP contribution in [0.5, 0.6) is 0 Å². The number of ether oxygens (including phenoxy) is 1. The van der Waals surface area contributed by atoms with Gasteiger partial charge in [0.05, 0.1) is 19.5 Å². The maximum atomic E-state index is 14.6. The van der Waals surface area contributed by atoms with Crippen LogP contribution < -0.4 is 11.3 Å². The van der Waals surface area contributed by atoms with Crippen LogP contribution in [-0.4, -0.2) is 67.8 Å². The van der Waals surface area contributed by atoms with Gasteiger partial charge in [0.15, 0.2) is 23.6 Å². The van der Waals surface area contributed by atoms with E-state index in [0.717, 1.165) is 10.9 Å². The van der Waals surface area contributed by atoms with E-state index in [2.05, 4.69) is 25.2 Å². The van der Waals surface area contributed by atoms with Crippen LogP contribution in [0.1, 0.15) is 6.23 Å². The van der Waals surface area contributed by atoms with E-state index in [0.29, 0.717) is 0 Å². The first kappa shape index (κ1) is 16.4. The molecule has 1 aliphatic rings. The predicted octanol–water partition coefficient (Wildman–Crippen LogP) is -1.26. The van der Waals surface area contributed by atoms with E-state index in [-0.39, 0.29) is 23.7 Å². The normalized spacial score (nSPS) is 30.6. The smallest absolute Gasteiger partial charge is 0.280 e. The molecule has 2 aromatic heterocycles. The molecular formula is C12H16FN7O4. The number of nitrogens with one attached hydrogen (secondary N) is 1. The van der Waals surface area contributed by atoms with Gasteiger partial charge >= 0.3 is 0 Å². The Balaban J connectivity index is 2.06. The van der Waals surface area contributed by atoms with Crippen molar-refractivity contribution < 1.29 is 19.3 Å². The van der Waals surface area contributed by atoms with E-state index in [1.165, 1.54) is 7.05 Å². The summed E-state index contributed by atoms with van der Waals surface area (Å²) >= 11 is 0. The Labute approximate surface area is 134 Å². The summed E-state index contributed by atoms with van der Waals surface area (Å²) < 4.78 is 21.3. The summed E-state index contributed by atoms with van der Waals surface area (Å²) in [5.41, 5.74) is 3.21. The first-order valence-electron chi connectivity index (χ1n) is 7.02. The van der Waals surface area contributed by atoms with Gasteiger partial charge in [-0.1, -0.05) is 0 Å². The Morgan fingerprint density at radius 2 is 2.38 bits per heavy atom. The number of aromatic amines is 1. The zero-order chi connectivity index (χ0) is 17.5. The summed E-state index contributed by atoms with van der Waals surface area (Å²) in [6.07, 6.45) is -3.78. The highest BCUT2D eigenvalue weighted by Crippen LogP contribution is 2.40. The lowest BCUT2D eigenvalue weighted by Gasteiger charge is -2.27. The number of azo groups is 1. The highest BCUT2D eigenvalue weighted by molar-refractivity contribution is 5.70. The fourth-order valence-electron chi connectivity index (χ4n) is 2.66. The summed E-state index contributed by atoms with van der Waals surface area (Å²) in [6.45, 7) is -0.909. The van der Waals surface area contributed by atoms with Crippen LogP contribution in [0.2, 0.25) is 0 Å². The fourth-order valence-corrected chi connectivity index (χ4v) is 2.66. The van der Waals surface area contributed by atoms with Crippen molar-refractivity contribution in [2.45, 2.75) is 24.1 Å². The first-order chi connectivity index (χ1) is 11.4. The number of aliphatic hydroxyl groups is 2. The molecule has 0 bridgehead atoms. The van der Waals surface area contributed by atoms with Gasteiger partial charge in [-0.15, -0.1) is 0 Å². The molecule has 3 rings (SSSR count). The highest BCUT2D eigenvalue weighted by atomic mass is 19.1. The lowest BCUT2D eigenvalue weighted by atomic mass is 9.97. The van der Waals surface area contributed by atoms with Crippen molar-refractivity contribution in [2.24, 2.45) is 10.2 Å². The molecule has 0 aliphatic carbocycles. The Hall–Kier alpha value is -2.44. The zero-order valence-corrected chi connectivity index (χ0v) is 12.6. The molecule has 11 nitrogen and oxygen atoms in total. The van der Waals surface area contributed by atoms with Crippen LogP contribution in [0.3, 0.4) is 0 Å². The number of anilines is 1. The molecular weight excluding hydrogens is 325 g/mol. The van der Waals surface area contributed by atoms with Crippen molar-refractivity contribution in [1.29, 1.82) is 0 Å². The zero-order valence-electron chi connectivity index (χ0n) is 12.6. The quantitative estimate of drug-likeness (QED) is 0.504. The molecule has 5 N–H and O–H groups in total. The van der Waals surface area contributed by atoms with Gasteiger partial charge in [-0.2, -0.15) is 15.2 Å². The maximum absolute atomic E-state index is 14.6. The van der Waals surface area contributed by atoms with Crippen molar-refractivity contribution in [3.05, 3.63) is 16.7 Å². The number of alkyl halides is 1. The number of H-pyrrole nitrogens is 1. The molecule has 3 heterocycles. The number of rotatable bonds is 4. The molecule has 1 aliphatic heterocycles. The number of fused-ring (bicyclic) bond motifs is 1. The van der Waals surface area contributed by atoms with Gasteiger partial charge in [-0.05, 0) is 0 Å². The Kier molecular flexibility index (Phi) is 4.03. The van der Waals surface area contributed by atoms with Crippen molar-refractivity contribution >= 4 is 17.1 Å². The summed E-state index contributed by atoms with van der Waals surface area (Å²) in [5, 5.41) is 27.0. The molecule has 24 heavy (non-hydrogen) atoms. The van der Waals surface area contributed by atoms with Crippen molar-refractivity contribution in [3.8, 4) is 0 Å². The largest absolute Gasteiger partial charge is 0.393 e. The van der Waals surface area contributed by atoms with E-state index in [9.17, 15) is 19.4 Å². The predicted molar refractivity (Wildman–Crippen MR) is 79.0 cm³/mol. The average molecular weight is 341 g/mol. The molecule has 0 unspecified atom stereocenters. The van der Waals surface area contributed by atoms with Crippen molar-refractivity contribution in [1.82, 2.24) is 19.5 Å². The molecule has 0 amide bonds. The number of aliphatic hydroxyl groups excluding tert-OH is 2. The summed E-state index contributed by atoms with van der Waals surface area (Å²) in [7, 11) is 1.40. The SMILES string of the molecule is C/N=N/C[C@]1(CO)O[C@@H](n2cnc3c(=O)[nH]c(N)nc32)[C@H](F)[C@@H]1O. The van der Waals surface area contributed by atoms with Crippen LogP contribution >= 0.6 is 0 Å². The topological polar surface area (TPSA) is 164 Å². The third-order valence-corrected chi connectivity index (χ3v) is 3.94. The van der Waals surface area contributed by atoms with E-state index in [1.807, 2.05) is 0 Å². The van der Waals surface area contributed by atoms with Gasteiger partial charge in [0.25, 0.3) is 5.56 Å². The van der Waals surface area contributed by atoms with Gasteiger partial charge in [0, 0.05) is 7.05 Å². The van der Waals surface area contributed by atoms with E-state index in [1.54, 1.807) is 0 Å². The second-order valence-electron chi connectivity index (χ2n) is 5.40. The molecule has 0 aromatic carbocycles. The second-order valence-corrected chi connectivity index (χ2v) is 5.40. The minimum atomic E-state index is -1.91. The lowest BCUT2D eigenvalue weighted by molar-refractivity contribution is -0.121. The van der Waals surface area contributed by atoms with Gasteiger partial charge in [0.2, 0.25) is 5.95 Å². The van der Waals surface area contributed by atoms with E-state index >= 15 is 0 Å². The Morgan fingerprint density at radius 3 is 3.04 bits per heavy atom. The molecule has 12 heteroatoms. The molecule has 1 fully saturated rings. The maximum Gasteiger partial charge on any atom is 0.280 e. The third-order valence-electron chi connectivity index (χ3n) is 3.94. The van der Waals surface area contributed by atoms with Crippen molar-refractivity contribution in [2.75, 3.05) is 25.9 Å². The van der Waals surface area contributed by atoms with Gasteiger partial charge in [-0.25, -0.2) is 9.37 Å². The molecule has 0 radical (unpaired) electrons. The number of halogens is 1. The standard InChI is InChI=1S/C12H16FN7O4/c1-15-17-2-12(3-21)7(22)5(13)10(24-12)20-4-16-6-8(20)18-11(14)19-9(6)23/h4-5,7,10,21-22H,2-3H2,1H3,(H3,14,18,19,23)/b17-15+/t5-,7+,10-,12-/m1/s1. The Bertz CT molecular complexity index is 836. The Morgan fingerprint density at radius 1 is 1.62 bits per heavy atom. The van der Waals surface area contributed by atoms with Crippen LogP contribution in [0.15, 0.2) is 21.4 Å². The first-order valence-corrected chi connectivity index (χ1v) is 7.02. The molecule has 2 aromatic rings. The van der Waals surface area contributed by atoms with Crippen molar-refractivity contribution in [3.63, 3.8) is 0 Å².